The summed E-state index contributed by atoms with van der Waals surface area (Å²) in [6.07, 6.45) is 0. The van der Waals surface area contributed by atoms with Crippen LogP contribution in [0.3, 0.4) is 0 Å². The van der Waals surface area contributed by atoms with Crippen LogP contribution in [0.15, 0.2) is 12.1 Å². The number of carbonyl (C=O) groups excluding carboxylic acids is 1. The highest BCUT2D eigenvalue weighted by Gasteiger charge is 2.13. The van der Waals surface area contributed by atoms with Crippen LogP contribution >= 0.6 is 0 Å². The van der Waals surface area contributed by atoms with Gasteiger partial charge in [-0.25, -0.2) is 0 Å². The number of rotatable bonds is 5. The second-order valence-corrected chi connectivity index (χ2v) is 3.97. The normalized spacial score (nSPS) is 12.2. The first-order valence-electron chi connectivity index (χ1n) is 5.61. The Morgan fingerprint density at radius 2 is 2.00 bits per heavy atom. The molecule has 0 saturated carbocycles. The number of ether oxygens (including phenoxy) is 1. The SMILES string of the molecule is CCOC(=O)C(C)CNn1c(C)ccc1C. The molecule has 0 spiro atoms. The van der Waals surface area contributed by atoms with Gasteiger partial charge in [0.2, 0.25) is 0 Å². The van der Waals surface area contributed by atoms with E-state index in [-0.39, 0.29) is 11.9 Å². The first-order chi connectivity index (χ1) is 7.56. The molecular weight excluding hydrogens is 204 g/mol. The van der Waals surface area contributed by atoms with Crippen LogP contribution in [0.2, 0.25) is 0 Å². The number of nitrogens with zero attached hydrogens (tertiary/aromatic N) is 1. The number of nitrogens with one attached hydrogen (secondary N) is 1. The standard InChI is InChI=1S/C12H20N2O2/c1-5-16-12(15)9(2)8-13-14-10(3)6-7-11(14)4/h6-7,9,13H,5,8H2,1-4H3. The molecule has 1 atom stereocenters. The Hall–Kier alpha value is -1.45. The van der Waals surface area contributed by atoms with Crippen LogP contribution in [-0.4, -0.2) is 23.8 Å². The Balaban J connectivity index is 2.48. The zero-order valence-electron chi connectivity index (χ0n) is 10.4. The molecule has 0 aromatic carbocycles. The molecule has 16 heavy (non-hydrogen) atoms. The number of aromatic nitrogens is 1. The largest absolute Gasteiger partial charge is 0.466 e. The first kappa shape index (κ1) is 12.6. The molecule has 1 unspecified atom stereocenters. The van der Waals surface area contributed by atoms with Gasteiger partial charge in [0, 0.05) is 17.9 Å². The van der Waals surface area contributed by atoms with Crippen LogP contribution < -0.4 is 5.43 Å². The van der Waals surface area contributed by atoms with Crippen molar-refractivity contribution in [2.24, 2.45) is 5.92 Å². The van der Waals surface area contributed by atoms with Crippen molar-refractivity contribution in [2.45, 2.75) is 27.7 Å². The lowest BCUT2D eigenvalue weighted by Gasteiger charge is -2.16. The minimum atomic E-state index is -0.155. The molecule has 0 aliphatic heterocycles. The molecular formula is C12H20N2O2. The van der Waals surface area contributed by atoms with Gasteiger partial charge in [0.05, 0.1) is 12.5 Å². The second-order valence-electron chi connectivity index (χ2n) is 3.97. The van der Waals surface area contributed by atoms with Crippen molar-refractivity contribution in [2.75, 3.05) is 18.6 Å². The highest BCUT2D eigenvalue weighted by molar-refractivity contribution is 5.72. The molecule has 0 radical (unpaired) electrons. The molecule has 1 aromatic heterocycles. The molecule has 0 saturated heterocycles. The van der Waals surface area contributed by atoms with Gasteiger partial charge in [-0.15, -0.1) is 0 Å². The molecule has 1 rings (SSSR count). The predicted molar refractivity (Wildman–Crippen MR) is 63.9 cm³/mol. The van der Waals surface area contributed by atoms with Crippen LogP contribution in [0.25, 0.3) is 0 Å². The summed E-state index contributed by atoms with van der Waals surface area (Å²) in [5, 5.41) is 0. The fourth-order valence-corrected chi connectivity index (χ4v) is 1.51. The average molecular weight is 224 g/mol. The topological polar surface area (TPSA) is 43.3 Å². The highest BCUT2D eigenvalue weighted by Crippen LogP contribution is 2.05. The summed E-state index contributed by atoms with van der Waals surface area (Å²) in [5.74, 6) is -0.293. The molecule has 4 heteroatoms. The molecule has 0 aliphatic carbocycles. The van der Waals surface area contributed by atoms with E-state index >= 15 is 0 Å². The maximum absolute atomic E-state index is 11.4. The molecule has 1 heterocycles. The summed E-state index contributed by atoms with van der Waals surface area (Å²) in [7, 11) is 0. The molecule has 1 aromatic rings. The molecule has 0 bridgehead atoms. The highest BCUT2D eigenvalue weighted by atomic mass is 16.5. The monoisotopic (exact) mass is 224 g/mol. The Bertz CT molecular complexity index is 338. The van der Waals surface area contributed by atoms with Crippen molar-refractivity contribution in [1.29, 1.82) is 0 Å². The van der Waals surface area contributed by atoms with Gasteiger partial charge in [-0.1, -0.05) is 6.92 Å². The summed E-state index contributed by atoms with van der Waals surface area (Å²) in [5.41, 5.74) is 5.48. The van der Waals surface area contributed by atoms with E-state index in [0.29, 0.717) is 13.2 Å². The van der Waals surface area contributed by atoms with Crippen molar-refractivity contribution < 1.29 is 9.53 Å². The molecule has 4 nitrogen and oxygen atoms in total. The van der Waals surface area contributed by atoms with E-state index in [1.165, 1.54) is 0 Å². The first-order valence-corrected chi connectivity index (χ1v) is 5.61. The second kappa shape index (κ2) is 5.58. The molecule has 0 fully saturated rings. The van der Waals surface area contributed by atoms with Crippen LogP contribution in [0.1, 0.15) is 25.2 Å². The van der Waals surface area contributed by atoms with E-state index in [1.54, 1.807) is 0 Å². The third-order valence-electron chi connectivity index (χ3n) is 2.52. The Morgan fingerprint density at radius 3 is 2.50 bits per heavy atom. The number of aryl methyl sites for hydroxylation is 2. The van der Waals surface area contributed by atoms with E-state index in [2.05, 4.69) is 5.43 Å². The minimum absolute atomic E-state index is 0.138. The van der Waals surface area contributed by atoms with Crippen molar-refractivity contribution in [3.8, 4) is 0 Å². The van der Waals surface area contributed by atoms with E-state index in [0.717, 1.165) is 11.4 Å². The Kier molecular flexibility index (Phi) is 4.40. The van der Waals surface area contributed by atoms with E-state index in [4.69, 9.17) is 4.74 Å². The van der Waals surface area contributed by atoms with Crippen molar-refractivity contribution in [3.05, 3.63) is 23.5 Å². The summed E-state index contributed by atoms with van der Waals surface area (Å²) in [6.45, 7) is 8.74. The lowest BCUT2D eigenvalue weighted by atomic mass is 10.2. The van der Waals surface area contributed by atoms with Gasteiger partial charge in [0.25, 0.3) is 0 Å². The van der Waals surface area contributed by atoms with Gasteiger partial charge in [0.1, 0.15) is 0 Å². The lowest BCUT2D eigenvalue weighted by molar-refractivity contribution is -0.146. The van der Waals surface area contributed by atoms with Crippen LogP contribution in [0, 0.1) is 19.8 Å². The average Bonchev–Trinajstić information content (AvgIpc) is 2.56. The summed E-state index contributed by atoms with van der Waals surface area (Å²) in [4.78, 5) is 11.4. The van der Waals surface area contributed by atoms with Crippen molar-refractivity contribution in [3.63, 3.8) is 0 Å². The van der Waals surface area contributed by atoms with Crippen LogP contribution in [-0.2, 0) is 9.53 Å². The smallest absolute Gasteiger partial charge is 0.310 e. The van der Waals surface area contributed by atoms with E-state index < -0.39 is 0 Å². The zero-order valence-corrected chi connectivity index (χ0v) is 10.4. The predicted octanol–water partition coefficient (Wildman–Crippen LogP) is 1.85. The quantitative estimate of drug-likeness (QED) is 0.776. The third kappa shape index (κ3) is 3.02. The van der Waals surface area contributed by atoms with Crippen LogP contribution in [0.5, 0.6) is 0 Å². The van der Waals surface area contributed by atoms with Gasteiger partial charge in [-0.2, -0.15) is 0 Å². The fourth-order valence-electron chi connectivity index (χ4n) is 1.51. The van der Waals surface area contributed by atoms with E-state index in [1.807, 2.05) is 44.5 Å². The number of hydrogen-bond donors (Lipinski definition) is 1. The maximum atomic E-state index is 11.4. The van der Waals surface area contributed by atoms with Gasteiger partial charge in [-0.05, 0) is 32.9 Å². The Morgan fingerprint density at radius 1 is 1.44 bits per heavy atom. The third-order valence-corrected chi connectivity index (χ3v) is 2.52. The van der Waals surface area contributed by atoms with Crippen molar-refractivity contribution in [1.82, 2.24) is 4.68 Å². The van der Waals surface area contributed by atoms with Gasteiger partial charge in [-0.3, -0.25) is 9.47 Å². The summed E-state index contributed by atoms with van der Waals surface area (Å²) < 4.78 is 6.93. The zero-order chi connectivity index (χ0) is 12.1. The molecule has 0 aliphatic rings. The number of carbonyl (C=O) groups is 1. The number of hydrogen-bond acceptors (Lipinski definition) is 3. The minimum Gasteiger partial charge on any atom is -0.466 e. The van der Waals surface area contributed by atoms with Crippen LogP contribution in [0.4, 0.5) is 0 Å². The van der Waals surface area contributed by atoms with Gasteiger partial charge >= 0.3 is 5.97 Å². The molecule has 90 valence electrons. The number of esters is 1. The summed E-state index contributed by atoms with van der Waals surface area (Å²) in [6, 6.07) is 4.08. The van der Waals surface area contributed by atoms with Gasteiger partial charge in [0.15, 0.2) is 0 Å². The molecule has 1 N–H and O–H groups in total. The molecule has 0 amide bonds. The Labute approximate surface area is 96.6 Å². The van der Waals surface area contributed by atoms with Crippen molar-refractivity contribution >= 4 is 5.97 Å². The fraction of sp³-hybridized carbons (Fsp3) is 0.583. The van der Waals surface area contributed by atoms with E-state index in [9.17, 15) is 4.79 Å². The maximum Gasteiger partial charge on any atom is 0.310 e. The van der Waals surface area contributed by atoms with Gasteiger partial charge < -0.3 is 10.2 Å². The summed E-state index contributed by atoms with van der Waals surface area (Å²) >= 11 is 0. The lowest BCUT2D eigenvalue weighted by Crippen LogP contribution is -2.28.